The summed E-state index contributed by atoms with van der Waals surface area (Å²) in [5.74, 6) is -0.989. The first-order valence-corrected chi connectivity index (χ1v) is 6.09. The minimum absolute atomic E-state index is 0.145. The quantitative estimate of drug-likeness (QED) is 0.681. The highest BCUT2D eigenvalue weighted by molar-refractivity contribution is 5.91. The maximum Gasteiger partial charge on any atom is 0.335 e. The van der Waals surface area contributed by atoms with Crippen LogP contribution in [0.25, 0.3) is 22.2 Å². The summed E-state index contributed by atoms with van der Waals surface area (Å²) in [6.07, 6.45) is 1.61. The number of imidazole rings is 1. The van der Waals surface area contributed by atoms with E-state index in [1.165, 1.54) is 6.07 Å². The monoisotopic (exact) mass is 268 g/mol. The van der Waals surface area contributed by atoms with Gasteiger partial charge in [-0.1, -0.05) is 12.1 Å². The minimum atomic E-state index is -0.989. The summed E-state index contributed by atoms with van der Waals surface area (Å²) in [5, 5.41) is 18.5. The molecule has 5 heteroatoms. The lowest BCUT2D eigenvalue weighted by Gasteiger charge is -2.09. The summed E-state index contributed by atoms with van der Waals surface area (Å²) in [6, 6.07) is 10.3. The molecule has 0 aliphatic rings. The number of hydrogen-bond acceptors (Lipinski definition) is 3. The number of aliphatic hydroxyl groups is 1. The van der Waals surface area contributed by atoms with E-state index in [1.54, 1.807) is 18.5 Å². The van der Waals surface area contributed by atoms with Crippen molar-refractivity contribution in [2.24, 2.45) is 0 Å². The molecule has 5 nitrogen and oxygen atoms in total. The Bertz CT molecular complexity index is 793. The Morgan fingerprint density at radius 3 is 2.80 bits per heavy atom. The maximum atomic E-state index is 11.1. The van der Waals surface area contributed by atoms with E-state index in [2.05, 4.69) is 9.97 Å². The van der Waals surface area contributed by atoms with Gasteiger partial charge < -0.3 is 15.2 Å². The number of nitrogens with one attached hydrogen (secondary N) is 1. The molecule has 3 rings (SSSR count). The van der Waals surface area contributed by atoms with Crippen LogP contribution in [0, 0.1) is 0 Å². The molecule has 3 N–H and O–H groups in total. The van der Waals surface area contributed by atoms with Crippen LogP contribution < -0.4 is 0 Å². The molecular formula is C15H12N2O3. The summed E-state index contributed by atoms with van der Waals surface area (Å²) in [7, 11) is 0. The highest BCUT2D eigenvalue weighted by Gasteiger charge is 2.10. The number of aromatic nitrogens is 2. The third-order valence-electron chi connectivity index (χ3n) is 3.26. The Balaban J connectivity index is 2.20. The van der Waals surface area contributed by atoms with E-state index in [0.29, 0.717) is 11.1 Å². The third-order valence-corrected chi connectivity index (χ3v) is 3.26. The average molecular weight is 268 g/mol. The second kappa shape index (κ2) is 4.79. The molecule has 1 aromatic heterocycles. The van der Waals surface area contributed by atoms with Crippen molar-refractivity contribution in [3.8, 4) is 11.1 Å². The number of carboxylic acid groups (broad SMARTS) is 1. The van der Waals surface area contributed by atoms with Gasteiger partial charge in [0.25, 0.3) is 0 Å². The van der Waals surface area contributed by atoms with Gasteiger partial charge in [0, 0.05) is 0 Å². The van der Waals surface area contributed by atoms with Crippen LogP contribution in [0.3, 0.4) is 0 Å². The van der Waals surface area contributed by atoms with E-state index < -0.39 is 5.97 Å². The molecule has 0 radical (unpaired) electrons. The predicted molar refractivity (Wildman–Crippen MR) is 74.4 cm³/mol. The van der Waals surface area contributed by atoms with E-state index in [1.807, 2.05) is 18.2 Å². The molecule has 20 heavy (non-hydrogen) atoms. The normalized spacial score (nSPS) is 10.8. The number of carbonyl (C=O) groups is 1. The summed E-state index contributed by atoms with van der Waals surface area (Å²) < 4.78 is 0. The Hall–Kier alpha value is -2.66. The Labute approximate surface area is 114 Å². The summed E-state index contributed by atoms with van der Waals surface area (Å²) in [6.45, 7) is -0.145. The Morgan fingerprint density at radius 1 is 1.20 bits per heavy atom. The first kappa shape index (κ1) is 12.4. The van der Waals surface area contributed by atoms with E-state index in [0.717, 1.165) is 16.6 Å². The Morgan fingerprint density at radius 2 is 2.05 bits per heavy atom. The molecule has 100 valence electrons. The van der Waals surface area contributed by atoms with E-state index in [-0.39, 0.29) is 12.2 Å². The molecule has 0 unspecified atom stereocenters. The van der Waals surface area contributed by atoms with Gasteiger partial charge in [-0.25, -0.2) is 9.78 Å². The van der Waals surface area contributed by atoms with Crippen LogP contribution in [0.2, 0.25) is 0 Å². The molecule has 0 fully saturated rings. The van der Waals surface area contributed by atoms with Crippen LogP contribution in [0.5, 0.6) is 0 Å². The first-order valence-electron chi connectivity index (χ1n) is 6.09. The molecule has 0 spiro atoms. The van der Waals surface area contributed by atoms with Crippen molar-refractivity contribution in [2.75, 3.05) is 0 Å². The second-order valence-corrected chi connectivity index (χ2v) is 4.47. The fourth-order valence-corrected chi connectivity index (χ4v) is 2.22. The van der Waals surface area contributed by atoms with Gasteiger partial charge in [-0.05, 0) is 41.0 Å². The number of hydrogen-bond donors (Lipinski definition) is 3. The number of fused-ring (bicyclic) bond motifs is 1. The molecule has 0 amide bonds. The molecule has 0 atom stereocenters. The van der Waals surface area contributed by atoms with E-state index in [9.17, 15) is 9.90 Å². The van der Waals surface area contributed by atoms with Crippen molar-refractivity contribution >= 4 is 17.0 Å². The van der Waals surface area contributed by atoms with Crippen molar-refractivity contribution < 1.29 is 15.0 Å². The van der Waals surface area contributed by atoms with Crippen molar-refractivity contribution in [3.05, 3.63) is 53.9 Å². The minimum Gasteiger partial charge on any atom is -0.478 e. The van der Waals surface area contributed by atoms with Crippen LogP contribution in [-0.2, 0) is 6.61 Å². The zero-order chi connectivity index (χ0) is 14.1. The van der Waals surface area contributed by atoms with Crippen molar-refractivity contribution in [3.63, 3.8) is 0 Å². The number of rotatable bonds is 3. The van der Waals surface area contributed by atoms with Crippen LogP contribution in [0.15, 0.2) is 42.7 Å². The lowest BCUT2D eigenvalue weighted by molar-refractivity contribution is 0.0697. The molecule has 0 bridgehead atoms. The van der Waals surface area contributed by atoms with Gasteiger partial charge in [-0.2, -0.15) is 0 Å². The van der Waals surface area contributed by atoms with Gasteiger partial charge in [0.2, 0.25) is 0 Å². The van der Waals surface area contributed by atoms with Crippen LogP contribution in [-0.4, -0.2) is 26.2 Å². The van der Waals surface area contributed by atoms with Crippen LogP contribution >= 0.6 is 0 Å². The van der Waals surface area contributed by atoms with E-state index >= 15 is 0 Å². The number of carboxylic acids is 1. The maximum absolute atomic E-state index is 11.1. The molecule has 2 aromatic carbocycles. The molecule has 0 aliphatic carbocycles. The summed E-state index contributed by atoms with van der Waals surface area (Å²) in [5.41, 5.74) is 4.12. The van der Waals surface area contributed by atoms with Gasteiger partial charge in [0.1, 0.15) is 0 Å². The fraction of sp³-hybridized carbons (Fsp3) is 0.0667. The van der Waals surface area contributed by atoms with Gasteiger partial charge in [-0.3, -0.25) is 0 Å². The molecule has 0 aliphatic heterocycles. The number of aliphatic hydroxyl groups excluding tert-OH is 1. The number of H-pyrrole nitrogens is 1. The van der Waals surface area contributed by atoms with Gasteiger partial charge in [0.15, 0.2) is 0 Å². The highest BCUT2D eigenvalue weighted by atomic mass is 16.4. The lowest BCUT2D eigenvalue weighted by atomic mass is 9.97. The summed E-state index contributed by atoms with van der Waals surface area (Å²) >= 11 is 0. The van der Waals surface area contributed by atoms with Gasteiger partial charge in [0.05, 0.1) is 29.5 Å². The average Bonchev–Trinajstić information content (AvgIpc) is 2.93. The topological polar surface area (TPSA) is 86.2 Å². The van der Waals surface area contributed by atoms with Crippen LogP contribution in [0.4, 0.5) is 0 Å². The molecule has 3 aromatic rings. The zero-order valence-electron chi connectivity index (χ0n) is 10.5. The summed E-state index contributed by atoms with van der Waals surface area (Å²) in [4.78, 5) is 18.3. The number of benzene rings is 2. The zero-order valence-corrected chi connectivity index (χ0v) is 10.5. The second-order valence-electron chi connectivity index (χ2n) is 4.47. The molecule has 1 heterocycles. The number of aromatic amines is 1. The number of aromatic carboxylic acids is 1. The van der Waals surface area contributed by atoms with Crippen LogP contribution in [0.1, 0.15) is 15.9 Å². The number of nitrogens with zero attached hydrogens (tertiary/aromatic N) is 1. The van der Waals surface area contributed by atoms with Crippen molar-refractivity contribution in [1.82, 2.24) is 9.97 Å². The standard InChI is InChI=1S/C15H12N2O3/c18-7-11-2-1-10(15(19)20)5-12(11)9-3-4-13-14(6-9)17-8-16-13/h1-6,8,18H,7H2,(H,16,17)(H,19,20). The smallest absolute Gasteiger partial charge is 0.335 e. The Kier molecular flexibility index (Phi) is 2.96. The predicted octanol–water partition coefficient (Wildman–Crippen LogP) is 2.42. The van der Waals surface area contributed by atoms with Crippen molar-refractivity contribution in [1.29, 1.82) is 0 Å². The lowest BCUT2D eigenvalue weighted by Crippen LogP contribution is -1.99. The van der Waals surface area contributed by atoms with Gasteiger partial charge >= 0.3 is 5.97 Å². The third kappa shape index (κ3) is 2.04. The molecular weight excluding hydrogens is 256 g/mol. The SMILES string of the molecule is O=C(O)c1ccc(CO)c(-c2ccc3[nH]cnc3c2)c1. The highest BCUT2D eigenvalue weighted by Crippen LogP contribution is 2.27. The molecule has 0 saturated carbocycles. The van der Waals surface area contributed by atoms with Gasteiger partial charge in [-0.15, -0.1) is 0 Å². The largest absolute Gasteiger partial charge is 0.478 e. The van der Waals surface area contributed by atoms with Crippen molar-refractivity contribution in [2.45, 2.75) is 6.61 Å². The van der Waals surface area contributed by atoms with E-state index in [4.69, 9.17) is 5.11 Å². The molecule has 0 saturated heterocycles. The first-order chi connectivity index (χ1) is 9.69. The fourth-order valence-electron chi connectivity index (χ4n) is 2.22.